The molecule has 0 aliphatic heterocycles. The molecule has 0 radical (unpaired) electrons. The molecule has 3 aromatic rings. The van der Waals surface area contributed by atoms with E-state index in [0.29, 0.717) is 12.0 Å². The first-order valence-electron chi connectivity index (χ1n) is 9.89. The summed E-state index contributed by atoms with van der Waals surface area (Å²) in [6, 6.07) is 23.3. The van der Waals surface area contributed by atoms with Crippen molar-refractivity contribution in [1.82, 2.24) is 0 Å². The molecule has 0 unspecified atom stereocenters. The molecule has 1 aliphatic rings. The number of esters is 1. The number of ether oxygens (including phenoxy) is 1. The Hall–Kier alpha value is -3.40. The van der Waals surface area contributed by atoms with Crippen LogP contribution < -0.4 is 5.32 Å². The Morgan fingerprint density at radius 1 is 0.862 bits per heavy atom. The van der Waals surface area contributed by atoms with Crippen molar-refractivity contribution in [3.63, 3.8) is 0 Å². The van der Waals surface area contributed by atoms with Gasteiger partial charge in [0.25, 0.3) is 5.91 Å². The summed E-state index contributed by atoms with van der Waals surface area (Å²) in [5.41, 5.74) is 5.86. The summed E-state index contributed by atoms with van der Waals surface area (Å²) in [6.07, 6.45) is 3.94. The molecule has 3 aromatic carbocycles. The smallest absolute Gasteiger partial charge is 0.338 e. The van der Waals surface area contributed by atoms with Gasteiger partial charge in [0.1, 0.15) is 0 Å². The predicted molar refractivity (Wildman–Crippen MR) is 113 cm³/mol. The second-order valence-electron chi connectivity index (χ2n) is 7.28. The van der Waals surface area contributed by atoms with Crippen molar-refractivity contribution in [3.8, 4) is 0 Å². The molecule has 0 atom stereocenters. The molecule has 0 spiro atoms. The summed E-state index contributed by atoms with van der Waals surface area (Å²) in [5.74, 6) is -0.822. The van der Waals surface area contributed by atoms with E-state index in [4.69, 9.17) is 4.74 Å². The summed E-state index contributed by atoms with van der Waals surface area (Å²) < 4.78 is 5.28. The van der Waals surface area contributed by atoms with Crippen LogP contribution in [-0.4, -0.2) is 18.5 Å². The molecule has 1 N–H and O–H groups in total. The van der Waals surface area contributed by atoms with E-state index in [1.54, 1.807) is 12.1 Å². The van der Waals surface area contributed by atoms with Gasteiger partial charge in [-0.25, -0.2) is 4.79 Å². The van der Waals surface area contributed by atoms with Crippen LogP contribution in [0.5, 0.6) is 0 Å². The quantitative estimate of drug-likeness (QED) is 0.633. The Bertz CT molecular complexity index is 1030. The van der Waals surface area contributed by atoms with Gasteiger partial charge in [0.05, 0.1) is 5.56 Å². The van der Waals surface area contributed by atoms with Gasteiger partial charge in [-0.1, -0.05) is 54.6 Å². The summed E-state index contributed by atoms with van der Waals surface area (Å²) in [4.78, 5) is 24.8. The first kappa shape index (κ1) is 18.9. The molecule has 146 valence electrons. The second kappa shape index (κ2) is 8.74. The first-order chi connectivity index (χ1) is 14.2. The van der Waals surface area contributed by atoms with Crippen LogP contribution in [0.4, 0.5) is 5.69 Å². The van der Waals surface area contributed by atoms with E-state index in [2.05, 4.69) is 11.4 Å². The summed E-state index contributed by atoms with van der Waals surface area (Å²) in [5, 5.41) is 2.82. The van der Waals surface area contributed by atoms with Crippen LogP contribution in [0.2, 0.25) is 0 Å². The number of hydrogen-bond donors (Lipinski definition) is 1. The van der Waals surface area contributed by atoms with E-state index in [9.17, 15) is 9.59 Å². The van der Waals surface area contributed by atoms with Crippen molar-refractivity contribution in [1.29, 1.82) is 0 Å². The summed E-state index contributed by atoms with van der Waals surface area (Å²) in [7, 11) is 0. The van der Waals surface area contributed by atoms with Gasteiger partial charge in [-0.15, -0.1) is 0 Å². The first-order valence-corrected chi connectivity index (χ1v) is 9.89. The van der Waals surface area contributed by atoms with E-state index < -0.39 is 5.97 Å². The number of aryl methyl sites for hydroxylation is 2. The Morgan fingerprint density at radius 3 is 2.48 bits per heavy atom. The average Bonchev–Trinajstić information content (AvgIpc) is 3.21. The van der Waals surface area contributed by atoms with Crippen molar-refractivity contribution in [2.24, 2.45) is 0 Å². The van der Waals surface area contributed by atoms with Gasteiger partial charge in [-0.2, -0.15) is 0 Å². The van der Waals surface area contributed by atoms with Crippen molar-refractivity contribution in [2.75, 3.05) is 11.9 Å². The Morgan fingerprint density at radius 2 is 1.62 bits per heavy atom. The highest BCUT2D eigenvalue weighted by Crippen LogP contribution is 2.24. The van der Waals surface area contributed by atoms with Gasteiger partial charge in [0.15, 0.2) is 6.61 Å². The fourth-order valence-electron chi connectivity index (χ4n) is 3.74. The number of rotatable bonds is 6. The number of carbonyl (C=O) groups is 2. The number of nitrogens with one attached hydrogen (secondary N) is 1. The molecule has 0 aromatic heterocycles. The number of amides is 1. The molecule has 4 rings (SSSR count). The van der Waals surface area contributed by atoms with Crippen LogP contribution in [0, 0.1) is 0 Å². The zero-order valence-corrected chi connectivity index (χ0v) is 16.2. The molecule has 0 saturated heterocycles. The zero-order chi connectivity index (χ0) is 20.1. The van der Waals surface area contributed by atoms with Crippen LogP contribution in [-0.2, 0) is 28.8 Å². The van der Waals surface area contributed by atoms with Gasteiger partial charge in [-0.05, 0) is 66.1 Å². The molecular weight excluding hydrogens is 362 g/mol. The van der Waals surface area contributed by atoms with E-state index >= 15 is 0 Å². The average molecular weight is 385 g/mol. The van der Waals surface area contributed by atoms with Crippen LogP contribution in [0.25, 0.3) is 0 Å². The minimum absolute atomic E-state index is 0.310. The summed E-state index contributed by atoms with van der Waals surface area (Å²) in [6.45, 7) is -0.310. The molecule has 29 heavy (non-hydrogen) atoms. The fraction of sp³-hybridized carbons (Fsp3) is 0.200. The monoisotopic (exact) mass is 385 g/mol. The molecule has 1 aliphatic carbocycles. The van der Waals surface area contributed by atoms with Crippen LogP contribution in [0.1, 0.15) is 39.0 Å². The summed E-state index contributed by atoms with van der Waals surface area (Å²) >= 11 is 0. The normalized spacial score (nSPS) is 12.3. The Kier molecular flexibility index (Phi) is 5.71. The SMILES string of the molecule is O=C(COC(=O)c1ccccc1Cc1ccccc1)Nc1ccc2c(c1)CCC2. The van der Waals surface area contributed by atoms with Crippen LogP contribution in [0.15, 0.2) is 72.8 Å². The minimum Gasteiger partial charge on any atom is -0.452 e. The molecule has 4 nitrogen and oxygen atoms in total. The van der Waals surface area contributed by atoms with Gasteiger partial charge < -0.3 is 10.1 Å². The molecule has 0 saturated carbocycles. The van der Waals surface area contributed by atoms with Gasteiger partial charge in [-0.3, -0.25) is 4.79 Å². The fourth-order valence-corrected chi connectivity index (χ4v) is 3.74. The highest BCUT2D eigenvalue weighted by molar-refractivity contribution is 5.96. The predicted octanol–water partition coefficient (Wildman–Crippen LogP) is 4.56. The van der Waals surface area contributed by atoms with Gasteiger partial charge in [0.2, 0.25) is 0 Å². The molecule has 0 fully saturated rings. The maximum Gasteiger partial charge on any atom is 0.338 e. The van der Waals surface area contributed by atoms with E-state index in [1.165, 1.54) is 11.1 Å². The van der Waals surface area contributed by atoms with Crippen LogP contribution >= 0.6 is 0 Å². The third kappa shape index (κ3) is 4.72. The second-order valence-corrected chi connectivity index (χ2v) is 7.28. The highest BCUT2D eigenvalue weighted by Gasteiger charge is 2.16. The lowest BCUT2D eigenvalue weighted by molar-refractivity contribution is -0.119. The molecule has 4 heteroatoms. The number of anilines is 1. The molecule has 1 amide bonds. The van der Waals surface area contributed by atoms with E-state index in [-0.39, 0.29) is 12.5 Å². The highest BCUT2D eigenvalue weighted by atomic mass is 16.5. The zero-order valence-electron chi connectivity index (χ0n) is 16.2. The van der Waals surface area contributed by atoms with Crippen LogP contribution in [0.3, 0.4) is 0 Å². The Labute approximate surface area is 170 Å². The standard InChI is InChI=1S/C25H23NO3/c27-24(26-22-14-13-19-10-6-11-20(19)16-22)17-29-25(28)23-12-5-4-9-21(23)15-18-7-2-1-3-8-18/h1-5,7-9,12-14,16H,6,10-11,15,17H2,(H,26,27). The number of hydrogen-bond acceptors (Lipinski definition) is 3. The van der Waals surface area contributed by atoms with Crippen molar-refractivity contribution >= 4 is 17.6 Å². The lowest BCUT2D eigenvalue weighted by atomic mass is 10.00. The molecule has 0 bridgehead atoms. The third-order valence-electron chi connectivity index (χ3n) is 5.19. The van der Waals surface area contributed by atoms with Gasteiger partial charge >= 0.3 is 5.97 Å². The maximum atomic E-state index is 12.6. The van der Waals surface area contributed by atoms with E-state index in [1.807, 2.05) is 54.6 Å². The topological polar surface area (TPSA) is 55.4 Å². The van der Waals surface area contributed by atoms with Gasteiger partial charge in [0, 0.05) is 5.69 Å². The maximum absolute atomic E-state index is 12.6. The largest absolute Gasteiger partial charge is 0.452 e. The van der Waals surface area contributed by atoms with E-state index in [0.717, 1.165) is 36.1 Å². The minimum atomic E-state index is -0.486. The Balaban J connectivity index is 1.36. The lowest BCUT2D eigenvalue weighted by Gasteiger charge is -2.11. The lowest BCUT2D eigenvalue weighted by Crippen LogP contribution is -2.21. The molecular formula is C25H23NO3. The van der Waals surface area contributed by atoms with Crippen molar-refractivity contribution in [3.05, 3.63) is 101 Å². The molecule has 0 heterocycles. The van der Waals surface area contributed by atoms with Crippen molar-refractivity contribution < 1.29 is 14.3 Å². The third-order valence-corrected chi connectivity index (χ3v) is 5.19. The van der Waals surface area contributed by atoms with Crippen molar-refractivity contribution in [2.45, 2.75) is 25.7 Å². The number of fused-ring (bicyclic) bond motifs is 1. The number of benzene rings is 3. The number of carbonyl (C=O) groups excluding carboxylic acids is 2.